The average molecular weight is 880 g/mol. The summed E-state index contributed by atoms with van der Waals surface area (Å²) in [6, 6.07) is 89.1. The number of para-hydroxylation sites is 4. The van der Waals surface area contributed by atoms with Crippen LogP contribution in [0, 0.1) is 0 Å². The molecular weight excluding hydrogens is 835 g/mol. The molecule has 13 aromatic rings. The molecule has 0 radical (unpaired) electrons. The van der Waals surface area contributed by atoms with Gasteiger partial charge in [0.15, 0.2) is 0 Å². The number of nitrogens with zero attached hydrogens (tertiary/aromatic N) is 3. The summed E-state index contributed by atoms with van der Waals surface area (Å²) < 4.78 is 7.33. The molecule has 0 saturated carbocycles. The van der Waals surface area contributed by atoms with Gasteiger partial charge in [0, 0.05) is 55.5 Å². The highest BCUT2D eigenvalue weighted by molar-refractivity contribution is 6.11. The van der Waals surface area contributed by atoms with E-state index in [9.17, 15) is 0 Å². The van der Waals surface area contributed by atoms with Crippen LogP contribution in [-0.2, 0) is 6.42 Å². The lowest BCUT2D eigenvalue weighted by Crippen LogP contribution is -2.08. The minimum absolute atomic E-state index is 0.193. The van der Waals surface area contributed by atoms with Crippen LogP contribution in [0.25, 0.3) is 111 Å². The Kier molecular flexibility index (Phi) is 9.03. The third kappa shape index (κ3) is 6.35. The molecule has 0 aliphatic heterocycles. The van der Waals surface area contributed by atoms with Gasteiger partial charge in [-0.1, -0.05) is 164 Å². The SMILES string of the molecule is C1=CC(c2ccc3c(c2)c2ccccc2n3-c2ccccc2)Cc2c1n(-c1ccc(-c3ccccc3)cc1-c1ccccc1)c1ccc(-c3ccc4c(c3)c3ccccc3n4-c3ccccc3)cc21. The van der Waals surface area contributed by atoms with Gasteiger partial charge in [-0.2, -0.15) is 0 Å². The van der Waals surface area contributed by atoms with Gasteiger partial charge >= 0.3 is 0 Å². The molecule has 0 saturated heterocycles. The first-order valence-electron chi connectivity index (χ1n) is 24.0. The van der Waals surface area contributed by atoms with E-state index < -0.39 is 0 Å². The summed E-state index contributed by atoms with van der Waals surface area (Å²) >= 11 is 0. The van der Waals surface area contributed by atoms with E-state index >= 15 is 0 Å². The molecule has 1 unspecified atom stereocenters. The Morgan fingerprint density at radius 3 is 1.41 bits per heavy atom. The summed E-state index contributed by atoms with van der Waals surface area (Å²) in [7, 11) is 0. The van der Waals surface area contributed by atoms with Gasteiger partial charge in [0.1, 0.15) is 0 Å². The number of benzene rings is 10. The van der Waals surface area contributed by atoms with Crippen LogP contribution in [-0.4, -0.2) is 13.7 Å². The van der Waals surface area contributed by atoms with Gasteiger partial charge in [0.25, 0.3) is 0 Å². The first kappa shape index (κ1) is 39.3. The number of allylic oxidation sites excluding steroid dienone is 1. The smallest absolute Gasteiger partial charge is 0.0541 e. The Labute approximate surface area is 400 Å². The lowest BCUT2D eigenvalue weighted by Gasteiger charge is -2.21. The summed E-state index contributed by atoms with van der Waals surface area (Å²) in [5, 5.41) is 6.36. The third-order valence-corrected chi connectivity index (χ3v) is 14.6. The molecule has 1 aliphatic rings. The van der Waals surface area contributed by atoms with Gasteiger partial charge in [0.2, 0.25) is 0 Å². The van der Waals surface area contributed by atoms with Crippen LogP contribution in [0.5, 0.6) is 0 Å². The maximum absolute atomic E-state index is 2.53. The van der Waals surface area contributed by atoms with Gasteiger partial charge in [-0.3, -0.25) is 0 Å². The standard InChI is InChI=1S/C66H45N3/c1-5-17-44(18-6-1)46-29-34-62(55(39-46)45-19-7-2-8-20-45)69-65-37-32-49(47-30-35-63-56(40-47)53-25-13-15-27-60(53)67(63)51-21-9-3-10-22-51)42-58(65)59-43-50(33-38-66(59)69)48-31-36-64-57(41-48)54-26-14-16-28-61(54)68(64)52-23-11-4-12-24-52/h1-42,50H,43H2. The van der Waals surface area contributed by atoms with E-state index in [-0.39, 0.29) is 5.92 Å². The summed E-state index contributed by atoms with van der Waals surface area (Å²) in [6.45, 7) is 0. The molecular formula is C66H45N3. The highest BCUT2D eigenvalue weighted by Gasteiger charge is 2.27. The zero-order valence-electron chi connectivity index (χ0n) is 37.9. The zero-order chi connectivity index (χ0) is 45.4. The van der Waals surface area contributed by atoms with Crippen molar-refractivity contribution in [3.8, 4) is 50.4 Å². The molecule has 69 heavy (non-hydrogen) atoms. The van der Waals surface area contributed by atoms with Crippen LogP contribution in [0.2, 0.25) is 0 Å². The van der Waals surface area contributed by atoms with E-state index in [1.807, 2.05) is 0 Å². The minimum Gasteiger partial charge on any atom is -0.309 e. The second kappa shape index (κ2) is 15.9. The Hall–Kier alpha value is -8.92. The van der Waals surface area contributed by atoms with E-state index in [0.29, 0.717) is 0 Å². The lowest BCUT2D eigenvalue weighted by atomic mass is 9.85. The van der Waals surface area contributed by atoms with Crippen molar-refractivity contribution >= 4 is 60.6 Å². The summed E-state index contributed by atoms with van der Waals surface area (Å²) in [5.74, 6) is 0.193. The molecule has 1 aliphatic carbocycles. The topological polar surface area (TPSA) is 14.8 Å². The van der Waals surface area contributed by atoms with Crippen LogP contribution in [0.15, 0.2) is 249 Å². The molecule has 324 valence electrons. The molecule has 1 atom stereocenters. The van der Waals surface area contributed by atoms with Crippen LogP contribution in [0.4, 0.5) is 0 Å². The fourth-order valence-corrected chi connectivity index (χ4v) is 11.4. The third-order valence-electron chi connectivity index (χ3n) is 14.6. The second-order valence-electron chi connectivity index (χ2n) is 18.4. The summed E-state index contributed by atoms with van der Waals surface area (Å²) in [4.78, 5) is 0. The maximum atomic E-state index is 2.53. The van der Waals surface area contributed by atoms with Gasteiger partial charge in [0.05, 0.1) is 33.3 Å². The van der Waals surface area contributed by atoms with E-state index in [2.05, 4.69) is 269 Å². The molecule has 10 aromatic carbocycles. The second-order valence-corrected chi connectivity index (χ2v) is 18.4. The van der Waals surface area contributed by atoms with Gasteiger partial charge in [-0.15, -0.1) is 0 Å². The maximum Gasteiger partial charge on any atom is 0.0541 e. The number of aromatic nitrogens is 3. The van der Waals surface area contributed by atoms with E-state index in [4.69, 9.17) is 0 Å². The van der Waals surface area contributed by atoms with Gasteiger partial charge in [-0.25, -0.2) is 0 Å². The molecule has 3 heteroatoms. The largest absolute Gasteiger partial charge is 0.309 e. The predicted octanol–water partition coefficient (Wildman–Crippen LogP) is 17.2. The van der Waals surface area contributed by atoms with Crippen LogP contribution in [0.1, 0.15) is 22.7 Å². The van der Waals surface area contributed by atoms with Crippen molar-refractivity contribution in [1.29, 1.82) is 0 Å². The van der Waals surface area contributed by atoms with Crippen LogP contribution < -0.4 is 0 Å². The molecule has 0 spiro atoms. The first-order chi connectivity index (χ1) is 34.2. The van der Waals surface area contributed by atoms with Crippen molar-refractivity contribution < 1.29 is 0 Å². The number of fused-ring (bicyclic) bond motifs is 9. The van der Waals surface area contributed by atoms with Crippen molar-refractivity contribution in [1.82, 2.24) is 13.7 Å². The van der Waals surface area contributed by atoms with Crippen molar-refractivity contribution in [2.24, 2.45) is 0 Å². The molecule has 0 amide bonds. The summed E-state index contributed by atoms with van der Waals surface area (Å²) in [6.07, 6.45) is 5.74. The molecule has 0 bridgehead atoms. The summed E-state index contributed by atoms with van der Waals surface area (Å²) in [5.41, 5.74) is 20.8. The van der Waals surface area contributed by atoms with E-state index in [1.165, 1.54) is 122 Å². The van der Waals surface area contributed by atoms with Crippen molar-refractivity contribution in [3.63, 3.8) is 0 Å². The van der Waals surface area contributed by atoms with Crippen LogP contribution in [0.3, 0.4) is 0 Å². The van der Waals surface area contributed by atoms with Crippen molar-refractivity contribution in [2.45, 2.75) is 12.3 Å². The molecule has 3 nitrogen and oxygen atoms in total. The Morgan fingerprint density at radius 2 is 0.783 bits per heavy atom. The number of hydrogen-bond donors (Lipinski definition) is 0. The zero-order valence-corrected chi connectivity index (χ0v) is 37.9. The van der Waals surface area contributed by atoms with Crippen molar-refractivity contribution in [2.75, 3.05) is 0 Å². The highest BCUT2D eigenvalue weighted by Crippen LogP contribution is 2.44. The average Bonchev–Trinajstić information content (AvgIpc) is 4.06. The minimum atomic E-state index is 0.193. The fraction of sp³-hybridized carbons (Fsp3) is 0.0303. The first-order valence-corrected chi connectivity index (χ1v) is 24.0. The Bertz CT molecular complexity index is 4130. The van der Waals surface area contributed by atoms with Crippen LogP contribution >= 0.6 is 0 Å². The molecule has 3 heterocycles. The monoisotopic (exact) mass is 879 g/mol. The van der Waals surface area contributed by atoms with Gasteiger partial charge in [-0.05, 0) is 136 Å². The van der Waals surface area contributed by atoms with E-state index in [0.717, 1.165) is 6.42 Å². The number of hydrogen-bond acceptors (Lipinski definition) is 0. The van der Waals surface area contributed by atoms with Crippen molar-refractivity contribution in [3.05, 3.63) is 266 Å². The lowest BCUT2D eigenvalue weighted by molar-refractivity contribution is 0.826. The highest BCUT2D eigenvalue weighted by atomic mass is 15.0. The molecule has 0 fully saturated rings. The quantitative estimate of drug-likeness (QED) is 0.152. The molecule has 14 rings (SSSR count). The fourth-order valence-electron chi connectivity index (χ4n) is 11.4. The molecule has 0 N–H and O–H groups in total. The normalized spacial score (nSPS) is 13.5. The Balaban J connectivity index is 0.959. The van der Waals surface area contributed by atoms with Gasteiger partial charge < -0.3 is 13.7 Å². The van der Waals surface area contributed by atoms with E-state index in [1.54, 1.807) is 0 Å². The Morgan fingerprint density at radius 1 is 0.319 bits per heavy atom. The number of rotatable bonds is 7. The predicted molar refractivity (Wildman–Crippen MR) is 290 cm³/mol. The molecule has 3 aromatic heterocycles.